The predicted molar refractivity (Wildman–Crippen MR) is 133 cm³/mol. The Hall–Kier alpha value is -2.26. The molecule has 5 fully saturated rings. The van der Waals surface area contributed by atoms with E-state index < -0.39 is 70.5 Å². The summed E-state index contributed by atoms with van der Waals surface area (Å²) in [5.41, 5.74) is -3.49. The van der Waals surface area contributed by atoms with Gasteiger partial charge in [0.05, 0.1) is 0 Å². The van der Waals surface area contributed by atoms with Gasteiger partial charge in [-0.2, -0.15) is 0 Å². The lowest BCUT2D eigenvalue weighted by Crippen LogP contribution is -2.75. The highest BCUT2D eigenvalue weighted by atomic mass is 16.8. The number of hydrogen-bond donors (Lipinski definition) is 0. The van der Waals surface area contributed by atoms with E-state index in [1.807, 2.05) is 6.92 Å². The number of Topliss-reactive ketones (excluding diaryl/α,β-unsaturated/α-hetero) is 1. The van der Waals surface area contributed by atoms with Crippen LogP contribution >= 0.6 is 0 Å². The van der Waals surface area contributed by atoms with Crippen molar-refractivity contribution in [3.05, 3.63) is 12.2 Å². The molecule has 2 bridgehead atoms. The predicted octanol–water partition coefficient (Wildman–Crippen LogP) is 3.66. The van der Waals surface area contributed by atoms with Gasteiger partial charge in [-0.05, 0) is 44.4 Å². The molecule has 4 aliphatic carbocycles. The van der Waals surface area contributed by atoms with Crippen LogP contribution in [0.5, 0.6) is 0 Å². The first-order chi connectivity index (χ1) is 17.4. The summed E-state index contributed by atoms with van der Waals surface area (Å²) in [4.78, 5) is 52.0. The molecule has 0 aromatic rings. The average Bonchev–Trinajstić information content (AvgIpc) is 3.10. The van der Waals surface area contributed by atoms with Crippen molar-refractivity contribution in [2.75, 3.05) is 0 Å². The van der Waals surface area contributed by atoms with E-state index in [0.717, 1.165) is 6.42 Å². The lowest BCUT2D eigenvalue weighted by molar-refractivity contribution is -0.285. The summed E-state index contributed by atoms with van der Waals surface area (Å²) in [5.74, 6) is -3.59. The van der Waals surface area contributed by atoms with Crippen molar-refractivity contribution >= 4 is 23.7 Å². The smallest absolute Gasteiger partial charge is 0.302 e. The molecule has 1 saturated heterocycles. The molecular weight excluding hydrogens is 492 g/mol. The second kappa shape index (κ2) is 8.13. The van der Waals surface area contributed by atoms with Crippen molar-refractivity contribution in [2.24, 2.45) is 28.1 Å². The second-order valence-electron chi connectivity index (χ2n) is 13.3. The number of esters is 3. The minimum absolute atomic E-state index is 0.129. The van der Waals surface area contributed by atoms with Gasteiger partial charge in [-0.1, -0.05) is 27.4 Å². The van der Waals surface area contributed by atoms with Crippen molar-refractivity contribution in [3.63, 3.8) is 0 Å². The van der Waals surface area contributed by atoms with Gasteiger partial charge < -0.3 is 23.7 Å². The van der Waals surface area contributed by atoms with Crippen LogP contribution in [0.15, 0.2) is 12.2 Å². The summed E-state index contributed by atoms with van der Waals surface area (Å²) < 4.78 is 31.1. The van der Waals surface area contributed by atoms with Crippen LogP contribution in [0, 0.1) is 28.1 Å². The minimum atomic E-state index is -1.44. The molecule has 4 saturated carbocycles. The fraction of sp³-hybridized carbons (Fsp3) is 0.793. The molecule has 1 heterocycles. The monoisotopic (exact) mass is 532 g/mol. The number of ketones is 1. The second-order valence-corrected chi connectivity index (χ2v) is 13.3. The number of ether oxygens (including phenoxy) is 5. The highest BCUT2D eigenvalue weighted by molar-refractivity contribution is 6.07. The zero-order chi connectivity index (χ0) is 28.2. The third kappa shape index (κ3) is 3.36. The Balaban J connectivity index is 1.83. The van der Waals surface area contributed by atoms with Gasteiger partial charge in [0.15, 0.2) is 11.6 Å². The number of hydrogen-bond acceptors (Lipinski definition) is 9. The third-order valence-electron chi connectivity index (χ3n) is 10.3. The molecule has 0 aromatic carbocycles. The molecular formula is C29H40O9. The maximum absolute atomic E-state index is 14.6. The van der Waals surface area contributed by atoms with Gasteiger partial charge in [-0.3, -0.25) is 19.2 Å². The fourth-order valence-electron chi connectivity index (χ4n) is 9.41. The van der Waals surface area contributed by atoms with Crippen LogP contribution in [-0.4, -0.2) is 59.5 Å². The van der Waals surface area contributed by atoms with Crippen molar-refractivity contribution in [3.8, 4) is 0 Å². The average molecular weight is 533 g/mol. The van der Waals surface area contributed by atoms with E-state index in [1.54, 1.807) is 13.8 Å². The van der Waals surface area contributed by atoms with Gasteiger partial charge in [0, 0.05) is 44.1 Å². The third-order valence-corrected chi connectivity index (χ3v) is 10.3. The Morgan fingerprint density at radius 2 is 1.50 bits per heavy atom. The Bertz CT molecular complexity index is 1120. The van der Waals surface area contributed by atoms with Crippen LogP contribution < -0.4 is 0 Å². The SMILES string of the molecule is C=C1C(=O)[C@@]23[C@H]([C@H](OC(C)=O)C[C@@]14OC(C)(C)O[C@H]24)[C@@]1(C)[C@H](C[C@H]3OC(C)=O)C(C)(C)CC[C@H]1OC(C)=O. The lowest BCUT2D eigenvalue weighted by Gasteiger charge is -2.68. The Morgan fingerprint density at radius 1 is 0.921 bits per heavy atom. The summed E-state index contributed by atoms with van der Waals surface area (Å²) in [6, 6.07) is 0. The Morgan fingerprint density at radius 3 is 2.08 bits per heavy atom. The lowest BCUT2D eigenvalue weighted by atomic mass is 9.38. The number of rotatable bonds is 3. The molecule has 9 nitrogen and oxygen atoms in total. The Labute approximate surface area is 223 Å². The van der Waals surface area contributed by atoms with Crippen LogP contribution in [-0.2, 0) is 42.9 Å². The van der Waals surface area contributed by atoms with Crippen LogP contribution in [0.25, 0.3) is 0 Å². The maximum Gasteiger partial charge on any atom is 0.302 e. The molecule has 0 unspecified atom stereocenters. The molecule has 1 spiro atoms. The Kier molecular flexibility index (Phi) is 5.84. The van der Waals surface area contributed by atoms with Gasteiger partial charge in [0.25, 0.3) is 0 Å². The number of carbonyl (C=O) groups excluding carboxylic acids is 4. The highest BCUT2D eigenvalue weighted by Gasteiger charge is 2.86. The normalized spacial score (nSPS) is 45.9. The van der Waals surface area contributed by atoms with Gasteiger partial charge in [0.2, 0.25) is 0 Å². The molecule has 38 heavy (non-hydrogen) atoms. The molecule has 5 aliphatic rings. The molecule has 0 radical (unpaired) electrons. The van der Waals surface area contributed by atoms with Gasteiger partial charge in [-0.25, -0.2) is 0 Å². The summed E-state index contributed by atoms with van der Waals surface area (Å²) in [7, 11) is 0. The van der Waals surface area contributed by atoms with E-state index in [9.17, 15) is 19.2 Å². The zero-order valence-electron chi connectivity index (χ0n) is 23.7. The topological polar surface area (TPSA) is 114 Å². The molecule has 0 N–H and O–H groups in total. The van der Waals surface area contributed by atoms with Gasteiger partial charge in [-0.15, -0.1) is 0 Å². The van der Waals surface area contributed by atoms with E-state index in [-0.39, 0.29) is 29.1 Å². The number of carbonyl (C=O) groups is 4. The summed E-state index contributed by atoms with van der Waals surface area (Å²) in [5, 5.41) is 0. The molecule has 5 rings (SSSR count). The van der Waals surface area contributed by atoms with E-state index in [0.29, 0.717) is 12.8 Å². The molecule has 9 heteroatoms. The van der Waals surface area contributed by atoms with Crippen LogP contribution in [0.4, 0.5) is 0 Å². The highest BCUT2D eigenvalue weighted by Crippen LogP contribution is 2.75. The van der Waals surface area contributed by atoms with Crippen molar-refractivity contribution in [1.82, 2.24) is 0 Å². The summed E-state index contributed by atoms with van der Waals surface area (Å²) in [6.45, 7) is 18.2. The maximum atomic E-state index is 14.6. The first-order valence-electron chi connectivity index (χ1n) is 13.6. The van der Waals surface area contributed by atoms with E-state index >= 15 is 0 Å². The summed E-state index contributed by atoms with van der Waals surface area (Å²) in [6.07, 6.45) is -1.12. The largest absolute Gasteiger partial charge is 0.462 e. The minimum Gasteiger partial charge on any atom is -0.462 e. The van der Waals surface area contributed by atoms with Crippen LogP contribution in [0.1, 0.15) is 81.1 Å². The first kappa shape index (κ1) is 27.3. The number of fused-ring (bicyclic) bond motifs is 2. The van der Waals surface area contributed by atoms with Crippen LogP contribution in [0.3, 0.4) is 0 Å². The van der Waals surface area contributed by atoms with E-state index in [4.69, 9.17) is 23.7 Å². The zero-order valence-corrected chi connectivity index (χ0v) is 23.7. The van der Waals surface area contributed by atoms with Crippen molar-refractivity contribution in [1.29, 1.82) is 0 Å². The molecule has 9 atom stereocenters. The standard InChI is InChI=1S/C29H40O9/c1-14-23(33)29-21(36-17(4)32)12-19-25(5,6)11-10-20(35-16(3)31)27(19,9)22(29)18(34-15(2)30)13-28(14)24(29)37-26(7,8)38-28/h18-22,24H,1,10-13H2,2-9H3/t18-,19-,20-,21-,22-,24+,27+,28-,29-/m1/s1. The molecule has 0 aromatic heterocycles. The van der Waals surface area contributed by atoms with Gasteiger partial charge >= 0.3 is 17.9 Å². The molecule has 1 aliphatic heterocycles. The van der Waals surface area contributed by atoms with Crippen molar-refractivity contribution in [2.45, 2.75) is 117 Å². The van der Waals surface area contributed by atoms with Crippen molar-refractivity contribution < 1.29 is 42.9 Å². The van der Waals surface area contributed by atoms with Crippen LogP contribution in [0.2, 0.25) is 0 Å². The quantitative estimate of drug-likeness (QED) is 0.305. The van der Waals surface area contributed by atoms with E-state index in [1.165, 1.54) is 20.8 Å². The molecule has 0 amide bonds. The first-order valence-corrected chi connectivity index (χ1v) is 13.6. The van der Waals surface area contributed by atoms with E-state index in [2.05, 4.69) is 20.4 Å². The fourth-order valence-corrected chi connectivity index (χ4v) is 9.41. The molecule has 210 valence electrons. The summed E-state index contributed by atoms with van der Waals surface area (Å²) >= 11 is 0. The van der Waals surface area contributed by atoms with Gasteiger partial charge in [0.1, 0.15) is 35.4 Å².